The van der Waals surface area contributed by atoms with Crippen LogP contribution in [0.25, 0.3) is 22.3 Å². The van der Waals surface area contributed by atoms with Gasteiger partial charge in [-0.25, -0.2) is 9.97 Å². The molecule has 42 heavy (non-hydrogen) atoms. The Bertz CT molecular complexity index is 1770. The highest BCUT2D eigenvalue weighted by molar-refractivity contribution is 7.62. The molecule has 5 atom stereocenters. The molecule has 0 spiro atoms. The molecule has 0 amide bonds. The Morgan fingerprint density at radius 3 is 2.07 bits per heavy atom. The molecule has 0 bridgehead atoms. The van der Waals surface area contributed by atoms with Crippen LogP contribution in [0.4, 0.5) is 11.9 Å². The van der Waals surface area contributed by atoms with Crippen LogP contribution in [-0.2, 0) is 31.7 Å². The van der Waals surface area contributed by atoms with E-state index in [1.54, 1.807) is 24.2 Å². The zero-order valence-corrected chi connectivity index (χ0v) is 25.2. The lowest BCUT2D eigenvalue weighted by Gasteiger charge is -2.23. The van der Waals surface area contributed by atoms with E-state index in [4.69, 9.17) is 37.4 Å². The predicted molar refractivity (Wildman–Crippen MR) is 152 cm³/mol. The number of nitrogens with one attached hydrogen (secondary N) is 1. The Morgan fingerprint density at radius 2 is 1.52 bits per heavy atom. The monoisotopic (exact) mass is 643 g/mol. The van der Waals surface area contributed by atoms with Gasteiger partial charge in [0.15, 0.2) is 29.6 Å². The quantitative estimate of drug-likeness (QED) is 0.168. The summed E-state index contributed by atoms with van der Waals surface area (Å²) in [6.07, 6.45) is 5.03. The zero-order chi connectivity index (χ0) is 30.4. The van der Waals surface area contributed by atoms with Gasteiger partial charge in [0.25, 0.3) is 5.56 Å². The van der Waals surface area contributed by atoms with Crippen LogP contribution in [0.3, 0.4) is 0 Å². The predicted octanol–water partition coefficient (Wildman–Crippen LogP) is 0.942. The summed E-state index contributed by atoms with van der Waals surface area (Å²) in [6, 6.07) is 0. The Morgan fingerprint density at radius 1 is 0.976 bits per heavy atom. The number of aromatic nitrogens is 8. The maximum absolute atomic E-state index is 12.1. The molecule has 20 heteroatoms. The number of anilines is 2. The van der Waals surface area contributed by atoms with Crippen molar-refractivity contribution in [2.24, 2.45) is 0 Å². The van der Waals surface area contributed by atoms with Crippen molar-refractivity contribution in [1.29, 1.82) is 0 Å². The lowest BCUT2D eigenvalue weighted by molar-refractivity contribution is -0.204. The van der Waals surface area contributed by atoms with Crippen LogP contribution in [0.5, 0.6) is 0 Å². The normalized spacial score (nSPS) is 24.1. The van der Waals surface area contributed by atoms with E-state index in [9.17, 15) is 18.8 Å². The number of ether oxygens (including phenoxy) is 2. The summed E-state index contributed by atoms with van der Waals surface area (Å²) in [5.41, 5.74) is 12.2. The van der Waals surface area contributed by atoms with Gasteiger partial charge >= 0.3 is 0 Å². The topological polar surface area (TPSA) is 255 Å². The highest BCUT2D eigenvalue weighted by Crippen LogP contribution is 2.49. The van der Waals surface area contributed by atoms with Crippen LogP contribution in [0.2, 0.25) is 5.15 Å². The largest absolute Gasteiger partial charge is 0.777 e. The lowest BCUT2D eigenvalue weighted by Crippen LogP contribution is -2.21. The first-order valence-corrected chi connectivity index (χ1v) is 17.6. The number of halogens is 1. The molecule has 2 aliphatic heterocycles. The first-order valence-electron chi connectivity index (χ1n) is 12.9. The molecule has 0 radical (unpaired) electrons. The molecule has 4 aromatic rings. The molecule has 0 aromatic carbocycles. The molecule has 5 unspecified atom stereocenters. The van der Waals surface area contributed by atoms with Gasteiger partial charge in [-0.15, -0.1) is 0 Å². The van der Waals surface area contributed by atoms with Crippen LogP contribution < -0.4 is 21.9 Å². The van der Waals surface area contributed by atoms with Crippen molar-refractivity contribution >= 4 is 60.6 Å². The first kappa shape index (κ1) is 30.5. The van der Waals surface area contributed by atoms with E-state index in [-0.39, 0.29) is 47.5 Å². The van der Waals surface area contributed by atoms with Crippen molar-refractivity contribution in [3.63, 3.8) is 0 Å². The van der Waals surface area contributed by atoms with E-state index in [0.717, 1.165) is 12.8 Å². The van der Waals surface area contributed by atoms with Crippen LogP contribution in [0, 0.1) is 0 Å². The molecule has 2 saturated heterocycles. The van der Waals surface area contributed by atoms with Crippen molar-refractivity contribution < 1.29 is 28.4 Å². The molecule has 0 aliphatic carbocycles. The average molecular weight is 644 g/mol. The number of aromatic amines is 1. The van der Waals surface area contributed by atoms with Crippen molar-refractivity contribution in [2.45, 2.75) is 62.7 Å². The number of rotatable bonds is 6. The molecular formula is C22H30ClN10O7P2-. The van der Waals surface area contributed by atoms with E-state index in [1.807, 2.05) is 4.57 Å². The third-order valence-corrected chi connectivity index (χ3v) is 10.1. The van der Waals surface area contributed by atoms with Gasteiger partial charge < -0.3 is 49.0 Å². The number of nitrogens with two attached hydrogens (primary N) is 2. The molecule has 2 aliphatic rings. The van der Waals surface area contributed by atoms with Crippen LogP contribution >= 0.6 is 26.3 Å². The molecule has 228 valence electrons. The van der Waals surface area contributed by atoms with Gasteiger partial charge in [-0.3, -0.25) is 9.78 Å². The summed E-state index contributed by atoms with van der Waals surface area (Å²) >= 11 is 6.00. The lowest BCUT2D eigenvalue weighted by atomic mass is 10.2. The SMILES string of the molecule is CP(C)(=O)C1CCC(Cn2cnc3c(Cl)nc(N)nc32)O1.Nc1nc2c(ncn2CC2CCC(P(=O)([O-])O)O2)c(=O)[nH]1. The van der Waals surface area contributed by atoms with Gasteiger partial charge in [-0.2, -0.15) is 15.0 Å². The third-order valence-electron chi connectivity index (χ3n) is 6.96. The molecule has 6 rings (SSSR count). The van der Waals surface area contributed by atoms with Gasteiger partial charge in [0, 0.05) is 0 Å². The molecule has 6 N–H and O–H groups in total. The number of nitrogens with zero attached hydrogens (tertiary/aromatic N) is 7. The van der Waals surface area contributed by atoms with E-state index in [2.05, 4.69) is 29.9 Å². The Balaban J connectivity index is 0.000000168. The van der Waals surface area contributed by atoms with Gasteiger partial charge in [-0.05, 0) is 39.0 Å². The molecular weight excluding hydrogens is 614 g/mol. The summed E-state index contributed by atoms with van der Waals surface area (Å²) in [6.45, 7) is 4.38. The average Bonchev–Trinajstić information content (AvgIpc) is 3.67. The highest BCUT2D eigenvalue weighted by Gasteiger charge is 2.34. The van der Waals surface area contributed by atoms with Gasteiger partial charge in [0.05, 0.1) is 38.0 Å². The van der Waals surface area contributed by atoms with Gasteiger partial charge in [0.1, 0.15) is 24.3 Å². The summed E-state index contributed by atoms with van der Waals surface area (Å²) in [4.78, 5) is 54.2. The maximum atomic E-state index is 12.1. The van der Waals surface area contributed by atoms with E-state index >= 15 is 0 Å². The minimum Gasteiger partial charge on any atom is -0.777 e. The summed E-state index contributed by atoms with van der Waals surface area (Å²) in [5.74, 6) is -1.25. The van der Waals surface area contributed by atoms with Crippen molar-refractivity contribution in [2.75, 3.05) is 24.8 Å². The van der Waals surface area contributed by atoms with Crippen molar-refractivity contribution in [3.05, 3.63) is 28.2 Å². The summed E-state index contributed by atoms with van der Waals surface area (Å²) in [7, 11) is -6.71. The number of fused-ring (bicyclic) bond motifs is 2. The van der Waals surface area contributed by atoms with Crippen molar-refractivity contribution in [3.8, 4) is 0 Å². The molecule has 0 saturated carbocycles. The Hall–Kier alpha value is -2.91. The first-order chi connectivity index (χ1) is 19.7. The maximum Gasteiger partial charge on any atom is 0.280 e. The van der Waals surface area contributed by atoms with Crippen LogP contribution in [0.1, 0.15) is 25.7 Å². The summed E-state index contributed by atoms with van der Waals surface area (Å²) in [5, 5.41) is 0.244. The fraction of sp³-hybridized carbons (Fsp3) is 0.545. The molecule has 6 heterocycles. The number of imidazole rings is 2. The molecule has 17 nitrogen and oxygen atoms in total. The van der Waals surface area contributed by atoms with Crippen LogP contribution in [-0.4, -0.2) is 81.2 Å². The minimum absolute atomic E-state index is 0.00408. The second kappa shape index (κ2) is 11.6. The Labute approximate surface area is 243 Å². The molecule has 2 fully saturated rings. The second-order valence-corrected chi connectivity index (χ2v) is 16.0. The smallest absolute Gasteiger partial charge is 0.280 e. The summed E-state index contributed by atoms with van der Waals surface area (Å²) < 4.78 is 37.7. The number of hydrogen-bond acceptors (Lipinski definition) is 13. The minimum atomic E-state index is -4.49. The number of H-pyrrole nitrogens is 1. The standard InChI is InChI=1S/C12H17ClN5O2P.C10H14N5O5P/c1-21(2,19)8-4-3-7(20-8)5-18-6-15-9-10(13)16-12(14)17-11(9)18;11-10-13-8-7(9(16)14-10)12-4-15(8)3-5-1-2-6(20-5)21(17,18)19/h6-8H,3-5H2,1-2H3,(H2,14,16,17);4-6H,1-3H2,(H2,17,18,19)(H3,11,13,14,16)/p-1. The highest BCUT2D eigenvalue weighted by atomic mass is 35.5. The molecule has 4 aromatic heterocycles. The fourth-order valence-corrected chi connectivity index (χ4v) is 7.20. The van der Waals surface area contributed by atoms with E-state index in [0.29, 0.717) is 29.8 Å². The van der Waals surface area contributed by atoms with E-state index in [1.165, 1.54) is 6.33 Å². The number of nitrogen functional groups attached to an aromatic ring is 2. The van der Waals surface area contributed by atoms with Gasteiger partial charge in [-0.1, -0.05) is 11.6 Å². The third kappa shape index (κ3) is 6.67. The van der Waals surface area contributed by atoms with Gasteiger partial charge in [0.2, 0.25) is 11.9 Å². The van der Waals surface area contributed by atoms with Crippen molar-refractivity contribution in [1.82, 2.24) is 39.0 Å². The Kier molecular flexibility index (Phi) is 8.47. The second-order valence-electron chi connectivity index (χ2n) is 10.5. The zero-order valence-electron chi connectivity index (χ0n) is 22.7. The number of hydrogen-bond donors (Lipinski definition) is 4. The van der Waals surface area contributed by atoms with Crippen LogP contribution in [0.15, 0.2) is 17.4 Å². The van der Waals surface area contributed by atoms with E-state index < -0.39 is 32.2 Å². The fourth-order valence-electron chi connectivity index (χ4n) is 4.94.